The summed E-state index contributed by atoms with van der Waals surface area (Å²) in [7, 11) is 3.78. The van der Waals surface area contributed by atoms with Crippen molar-refractivity contribution in [2.75, 3.05) is 13.6 Å². The van der Waals surface area contributed by atoms with Gasteiger partial charge >= 0.3 is 0 Å². The van der Waals surface area contributed by atoms with Gasteiger partial charge in [0.2, 0.25) is 5.91 Å². The van der Waals surface area contributed by atoms with Gasteiger partial charge in [0.25, 0.3) is 0 Å². The van der Waals surface area contributed by atoms with Gasteiger partial charge in [0.15, 0.2) is 0 Å². The van der Waals surface area contributed by atoms with E-state index in [1.165, 1.54) is 0 Å². The number of carbonyl (C=O) groups excluding carboxylic acids is 1. The highest BCUT2D eigenvalue weighted by Crippen LogP contribution is 2.31. The Hall–Kier alpha value is -1.36. The van der Waals surface area contributed by atoms with Crippen LogP contribution in [0.4, 0.5) is 0 Å². The van der Waals surface area contributed by atoms with Crippen LogP contribution in [-0.4, -0.2) is 34.0 Å². The van der Waals surface area contributed by atoms with Gasteiger partial charge < -0.3 is 15.2 Å². The molecular weight excluding hydrogens is 252 g/mol. The van der Waals surface area contributed by atoms with E-state index < -0.39 is 5.41 Å². The largest absolute Gasteiger partial charge is 0.338 e. The maximum atomic E-state index is 12.8. The number of nitrogens with zero attached hydrogens (tertiary/aromatic N) is 3. The van der Waals surface area contributed by atoms with Crippen molar-refractivity contribution in [2.24, 2.45) is 18.2 Å². The summed E-state index contributed by atoms with van der Waals surface area (Å²) in [4.78, 5) is 18.9. The van der Waals surface area contributed by atoms with Crippen molar-refractivity contribution < 1.29 is 4.79 Å². The number of hydrogen-bond acceptors (Lipinski definition) is 3. The minimum Gasteiger partial charge on any atom is -0.338 e. The molecule has 0 bridgehead atoms. The zero-order valence-corrected chi connectivity index (χ0v) is 13.2. The van der Waals surface area contributed by atoms with Crippen molar-refractivity contribution in [2.45, 2.75) is 46.1 Å². The van der Waals surface area contributed by atoms with Crippen LogP contribution in [-0.2, 0) is 18.4 Å². The van der Waals surface area contributed by atoms with Crippen LogP contribution in [0.3, 0.4) is 0 Å². The molecule has 0 aliphatic rings. The number of hydrogen-bond donors (Lipinski definition) is 1. The Balaban J connectivity index is 2.85. The molecule has 1 rings (SSSR count). The van der Waals surface area contributed by atoms with Crippen LogP contribution in [0.25, 0.3) is 0 Å². The first-order valence-corrected chi connectivity index (χ1v) is 7.42. The van der Waals surface area contributed by atoms with Gasteiger partial charge in [0.1, 0.15) is 5.82 Å². The Morgan fingerprint density at radius 2 is 2.00 bits per heavy atom. The van der Waals surface area contributed by atoms with Gasteiger partial charge in [-0.2, -0.15) is 0 Å². The van der Waals surface area contributed by atoms with Crippen LogP contribution in [0.15, 0.2) is 12.4 Å². The number of nitrogens with two attached hydrogens (primary N) is 1. The summed E-state index contributed by atoms with van der Waals surface area (Å²) in [5.41, 5.74) is 5.54. The number of aryl methyl sites for hydroxylation is 1. The molecule has 1 aromatic heterocycles. The maximum absolute atomic E-state index is 12.8. The van der Waals surface area contributed by atoms with E-state index in [0.29, 0.717) is 13.1 Å². The van der Waals surface area contributed by atoms with Gasteiger partial charge in [-0.15, -0.1) is 0 Å². The zero-order chi connectivity index (χ0) is 15.2. The lowest BCUT2D eigenvalue weighted by molar-refractivity contribution is -0.142. The van der Waals surface area contributed by atoms with E-state index in [0.717, 1.165) is 31.5 Å². The molecule has 0 aromatic carbocycles. The molecule has 1 heterocycles. The van der Waals surface area contributed by atoms with Crippen LogP contribution in [0.1, 0.15) is 45.4 Å². The van der Waals surface area contributed by atoms with Crippen LogP contribution in [0.2, 0.25) is 0 Å². The third-order valence-corrected chi connectivity index (χ3v) is 3.95. The summed E-state index contributed by atoms with van der Waals surface area (Å²) in [6.07, 6.45) is 7.28. The Bertz CT molecular complexity index is 421. The Morgan fingerprint density at radius 1 is 1.40 bits per heavy atom. The summed E-state index contributed by atoms with van der Waals surface area (Å²) < 4.78 is 1.94. The van der Waals surface area contributed by atoms with Gasteiger partial charge in [-0.25, -0.2) is 4.98 Å². The second-order valence-electron chi connectivity index (χ2n) is 5.60. The number of carbonyl (C=O) groups is 1. The molecule has 5 nitrogen and oxygen atoms in total. The quantitative estimate of drug-likeness (QED) is 0.791. The van der Waals surface area contributed by atoms with E-state index >= 15 is 0 Å². The van der Waals surface area contributed by atoms with E-state index in [2.05, 4.69) is 18.8 Å². The summed E-state index contributed by atoms with van der Waals surface area (Å²) in [5, 5.41) is 0. The molecule has 0 saturated heterocycles. The monoisotopic (exact) mass is 280 g/mol. The average molecular weight is 280 g/mol. The first-order valence-electron chi connectivity index (χ1n) is 7.42. The standard InChI is InChI=1S/C15H28N4O/c1-5-7-15(12-16,8-6-2)14(20)19(4)11-13-17-9-10-18(13)3/h9-10H,5-8,11-12,16H2,1-4H3. The normalized spacial score (nSPS) is 11.7. The molecule has 0 fully saturated rings. The average Bonchev–Trinajstić information content (AvgIpc) is 2.83. The fraction of sp³-hybridized carbons (Fsp3) is 0.733. The SMILES string of the molecule is CCCC(CN)(CCC)C(=O)N(C)Cc1nccn1C. The molecule has 0 spiro atoms. The fourth-order valence-electron chi connectivity index (χ4n) is 2.83. The third kappa shape index (κ3) is 3.60. The molecule has 1 aromatic rings. The maximum Gasteiger partial charge on any atom is 0.230 e. The van der Waals surface area contributed by atoms with Gasteiger partial charge in [0, 0.05) is 33.0 Å². The van der Waals surface area contributed by atoms with Crippen molar-refractivity contribution in [3.63, 3.8) is 0 Å². The Morgan fingerprint density at radius 3 is 2.40 bits per heavy atom. The minimum atomic E-state index is -0.413. The smallest absolute Gasteiger partial charge is 0.230 e. The van der Waals surface area contributed by atoms with E-state index in [1.54, 1.807) is 11.1 Å². The molecule has 0 saturated carbocycles. The fourth-order valence-corrected chi connectivity index (χ4v) is 2.83. The summed E-state index contributed by atoms with van der Waals surface area (Å²) in [6.45, 7) is 5.15. The summed E-state index contributed by atoms with van der Waals surface area (Å²) in [6, 6.07) is 0. The van der Waals surface area contributed by atoms with E-state index in [1.807, 2.05) is 24.9 Å². The lowest BCUT2D eigenvalue weighted by Gasteiger charge is -2.34. The van der Waals surface area contributed by atoms with Crippen LogP contribution >= 0.6 is 0 Å². The van der Waals surface area contributed by atoms with Crippen molar-refractivity contribution in [3.05, 3.63) is 18.2 Å². The van der Waals surface area contributed by atoms with Crippen LogP contribution < -0.4 is 5.73 Å². The second kappa shape index (κ2) is 7.43. The zero-order valence-electron chi connectivity index (χ0n) is 13.2. The Kier molecular flexibility index (Phi) is 6.20. The molecule has 2 N–H and O–H groups in total. The summed E-state index contributed by atoms with van der Waals surface area (Å²) in [5.74, 6) is 1.03. The van der Waals surface area contributed by atoms with E-state index in [4.69, 9.17) is 5.73 Å². The van der Waals surface area contributed by atoms with Crippen molar-refractivity contribution in [3.8, 4) is 0 Å². The van der Waals surface area contributed by atoms with Crippen LogP contribution in [0, 0.1) is 5.41 Å². The van der Waals surface area contributed by atoms with Gasteiger partial charge in [-0.05, 0) is 12.8 Å². The molecule has 5 heteroatoms. The number of rotatable bonds is 8. The number of aromatic nitrogens is 2. The minimum absolute atomic E-state index is 0.145. The number of imidazole rings is 1. The lowest BCUT2D eigenvalue weighted by Crippen LogP contribution is -2.46. The molecule has 0 aliphatic carbocycles. The predicted molar refractivity (Wildman–Crippen MR) is 81.0 cm³/mol. The first-order chi connectivity index (χ1) is 9.50. The van der Waals surface area contributed by atoms with E-state index in [9.17, 15) is 4.79 Å². The molecular formula is C15H28N4O. The molecule has 0 atom stereocenters. The van der Waals surface area contributed by atoms with Gasteiger partial charge in [-0.1, -0.05) is 26.7 Å². The van der Waals surface area contributed by atoms with Crippen molar-refractivity contribution in [1.82, 2.24) is 14.5 Å². The highest BCUT2D eigenvalue weighted by Gasteiger charge is 2.37. The molecule has 20 heavy (non-hydrogen) atoms. The van der Waals surface area contributed by atoms with Crippen molar-refractivity contribution in [1.29, 1.82) is 0 Å². The van der Waals surface area contributed by atoms with E-state index in [-0.39, 0.29) is 5.91 Å². The molecule has 0 radical (unpaired) electrons. The summed E-state index contributed by atoms with van der Waals surface area (Å²) >= 11 is 0. The van der Waals surface area contributed by atoms with Crippen LogP contribution in [0.5, 0.6) is 0 Å². The van der Waals surface area contributed by atoms with Gasteiger partial charge in [0.05, 0.1) is 12.0 Å². The highest BCUT2D eigenvalue weighted by atomic mass is 16.2. The lowest BCUT2D eigenvalue weighted by atomic mass is 9.78. The predicted octanol–water partition coefficient (Wildman–Crippen LogP) is 1.92. The molecule has 0 aliphatic heterocycles. The molecule has 0 unspecified atom stereocenters. The third-order valence-electron chi connectivity index (χ3n) is 3.95. The molecule has 1 amide bonds. The Labute approximate surface area is 122 Å². The highest BCUT2D eigenvalue weighted by molar-refractivity contribution is 5.82. The molecule has 114 valence electrons. The number of amides is 1. The first kappa shape index (κ1) is 16.7. The van der Waals surface area contributed by atoms with Crippen molar-refractivity contribution >= 4 is 5.91 Å². The second-order valence-corrected chi connectivity index (χ2v) is 5.60. The van der Waals surface area contributed by atoms with Gasteiger partial charge in [-0.3, -0.25) is 4.79 Å². The topological polar surface area (TPSA) is 64.2 Å².